The minimum atomic E-state index is -0.600. The first-order valence-corrected chi connectivity index (χ1v) is 5.93. The molecule has 1 fully saturated rings. The van der Waals surface area contributed by atoms with E-state index in [1.165, 1.54) is 0 Å². The molecule has 0 aromatic heterocycles. The number of amides is 1. The summed E-state index contributed by atoms with van der Waals surface area (Å²) in [4.78, 5) is 21.3. The number of halogens is 2. The fourth-order valence-electron chi connectivity index (χ4n) is 1.73. The van der Waals surface area contributed by atoms with Crippen molar-refractivity contribution in [3.8, 4) is 0 Å². The molecule has 0 spiro atoms. The number of hydrogen-bond donors (Lipinski definition) is 2. The van der Waals surface area contributed by atoms with Crippen molar-refractivity contribution in [2.24, 2.45) is 0 Å². The molecule has 1 atom stereocenters. The Balaban J connectivity index is 2.28. The Hall–Kier alpha value is -1.70. The molecule has 1 aliphatic heterocycles. The van der Waals surface area contributed by atoms with Gasteiger partial charge in [-0.2, -0.15) is 0 Å². The van der Waals surface area contributed by atoms with E-state index in [1.807, 2.05) is 0 Å². The minimum Gasteiger partial charge on any atom is -0.374 e. The van der Waals surface area contributed by atoms with Crippen LogP contribution < -0.4 is 10.6 Å². The molecule has 96 valence electrons. The van der Waals surface area contributed by atoms with Crippen molar-refractivity contribution in [1.82, 2.24) is 5.32 Å². The molecule has 1 aromatic rings. The van der Waals surface area contributed by atoms with Gasteiger partial charge in [0.05, 0.1) is 15.4 Å². The van der Waals surface area contributed by atoms with Crippen LogP contribution in [-0.2, 0) is 4.79 Å². The molecule has 1 aliphatic rings. The molecule has 1 saturated heterocycles. The number of nitrogens with one attached hydrogen (secondary N) is 2. The molecular weight excluding hydrogens is 309 g/mol. The molecule has 0 saturated carbocycles. The van der Waals surface area contributed by atoms with E-state index in [9.17, 15) is 19.3 Å². The van der Waals surface area contributed by atoms with Gasteiger partial charge in [0.15, 0.2) is 0 Å². The largest absolute Gasteiger partial charge is 0.374 e. The summed E-state index contributed by atoms with van der Waals surface area (Å²) >= 11 is 2.90. The molecule has 2 rings (SSSR count). The summed E-state index contributed by atoms with van der Waals surface area (Å²) in [5, 5.41) is 16.3. The highest BCUT2D eigenvalue weighted by molar-refractivity contribution is 9.10. The first-order valence-electron chi connectivity index (χ1n) is 5.14. The van der Waals surface area contributed by atoms with E-state index < -0.39 is 10.7 Å². The molecule has 1 aromatic carbocycles. The predicted molar refractivity (Wildman–Crippen MR) is 65.8 cm³/mol. The van der Waals surface area contributed by atoms with E-state index in [0.717, 1.165) is 12.1 Å². The van der Waals surface area contributed by atoms with E-state index in [0.29, 0.717) is 6.54 Å². The summed E-state index contributed by atoms with van der Waals surface area (Å²) in [5.41, 5.74) is -0.162. The normalized spacial score (nSPS) is 18.6. The molecule has 1 amide bonds. The van der Waals surface area contributed by atoms with Gasteiger partial charge in [0.1, 0.15) is 11.5 Å². The fraction of sp³-hybridized carbons (Fsp3) is 0.300. The van der Waals surface area contributed by atoms with Gasteiger partial charge in [-0.25, -0.2) is 4.39 Å². The number of nitrogens with zero attached hydrogens (tertiary/aromatic N) is 1. The molecule has 6 nitrogen and oxygen atoms in total. The Kier molecular flexibility index (Phi) is 3.46. The van der Waals surface area contributed by atoms with Gasteiger partial charge < -0.3 is 10.6 Å². The van der Waals surface area contributed by atoms with Crippen molar-refractivity contribution in [2.75, 3.05) is 11.9 Å². The molecule has 0 bridgehead atoms. The lowest BCUT2D eigenvalue weighted by Crippen LogP contribution is -2.22. The van der Waals surface area contributed by atoms with E-state index >= 15 is 0 Å². The van der Waals surface area contributed by atoms with Crippen LogP contribution in [0.3, 0.4) is 0 Å². The highest BCUT2D eigenvalue weighted by atomic mass is 79.9. The Morgan fingerprint density at radius 2 is 2.28 bits per heavy atom. The third-order valence-electron chi connectivity index (χ3n) is 2.57. The fourth-order valence-corrected chi connectivity index (χ4v) is 2.06. The lowest BCUT2D eigenvalue weighted by molar-refractivity contribution is -0.384. The molecule has 8 heteroatoms. The number of anilines is 1. The topological polar surface area (TPSA) is 84.3 Å². The third kappa shape index (κ3) is 2.58. The number of nitro groups is 1. The van der Waals surface area contributed by atoms with Crippen LogP contribution in [0.25, 0.3) is 0 Å². The van der Waals surface area contributed by atoms with E-state index in [1.54, 1.807) is 0 Å². The molecule has 2 N–H and O–H groups in total. The van der Waals surface area contributed by atoms with E-state index in [2.05, 4.69) is 26.6 Å². The maximum atomic E-state index is 13.4. The van der Waals surface area contributed by atoms with Crippen LogP contribution in [0.15, 0.2) is 16.6 Å². The average Bonchev–Trinajstić information content (AvgIpc) is 2.68. The lowest BCUT2D eigenvalue weighted by atomic mass is 10.2. The second kappa shape index (κ2) is 4.89. The van der Waals surface area contributed by atoms with Crippen LogP contribution in [0.4, 0.5) is 15.8 Å². The summed E-state index contributed by atoms with van der Waals surface area (Å²) in [6.07, 6.45) is 0.217. The average molecular weight is 318 g/mol. The number of carbonyl (C=O) groups excluding carboxylic acids is 1. The molecule has 0 radical (unpaired) electrons. The third-order valence-corrected chi connectivity index (χ3v) is 3.18. The molecule has 0 aliphatic carbocycles. The van der Waals surface area contributed by atoms with Crippen LogP contribution in [0, 0.1) is 15.9 Å². The van der Waals surface area contributed by atoms with Crippen molar-refractivity contribution in [3.63, 3.8) is 0 Å². The number of nitro benzene ring substituents is 1. The zero-order chi connectivity index (χ0) is 13.3. The van der Waals surface area contributed by atoms with Gasteiger partial charge in [-0.05, 0) is 15.9 Å². The van der Waals surface area contributed by atoms with Crippen molar-refractivity contribution in [1.29, 1.82) is 0 Å². The van der Waals surface area contributed by atoms with Gasteiger partial charge in [0, 0.05) is 25.1 Å². The van der Waals surface area contributed by atoms with Crippen LogP contribution in [-0.4, -0.2) is 23.4 Å². The zero-order valence-corrected chi connectivity index (χ0v) is 10.7. The van der Waals surface area contributed by atoms with Gasteiger partial charge in [-0.3, -0.25) is 14.9 Å². The Labute approximate surface area is 110 Å². The summed E-state index contributed by atoms with van der Waals surface area (Å²) in [6, 6.07) is 1.88. The quantitative estimate of drug-likeness (QED) is 0.657. The van der Waals surface area contributed by atoms with Gasteiger partial charge in [0.25, 0.3) is 5.69 Å². The second-order valence-corrected chi connectivity index (χ2v) is 4.74. The summed E-state index contributed by atoms with van der Waals surface area (Å²) < 4.78 is 13.4. The summed E-state index contributed by atoms with van der Waals surface area (Å²) in [6.45, 7) is 0.369. The minimum absolute atomic E-state index is 0.0281. The zero-order valence-electron chi connectivity index (χ0n) is 9.07. The SMILES string of the molecule is O=C1CC(Nc2cc(F)c(Br)cc2[N+](=O)[O-])CN1. The second-order valence-electron chi connectivity index (χ2n) is 3.89. The van der Waals surface area contributed by atoms with Gasteiger partial charge in [-0.15, -0.1) is 0 Å². The Bertz CT molecular complexity index is 523. The molecule has 1 unspecified atom stereocenters. The van der Waals surface area contributed by atoms with Gasteiger partial charge in [-0.1, -0.05) is 0 Å². The smallest absolute Gasteiger partial charge is 0.293 e. The highest BCUT2D eigenvalue weighted by Gasteiger charge is 2.25. The number of rotatable bonds is 3. The molecule has 18 heavy (non-hydrogen) atoms. The number of carbonyl (C=O) groups is 1. The van der Waals surface area contributed by atoms with E-state index in [-0.39, 0.29) is 34.2 Å². The predicted octanol–water partition coefficient (Wildman–Crippen LogP) is 1.80. The molecular formula is C10H9BrFN3O3. The van der Waals surface area contributed by atoms with Crippen LogP contribution in [0.2, 0.25) is 0 Å². The first-order chi connectivity index (χ1) is 8.47. The van der Waals surface area contributed by atoms with Gasteiger partial charge in [0.2, 0.25) is 5.91 Å². The Morgan fingerprint density at radius 3 is 2.83 bits per heavy atom. The maximum absolute atomic E-state index is 13.4. The standard InChI is InChI=1S/C10H9BrFN3O3/c11-6-2-9(15(17)18)8(3-7(6)12)14-5-1-10(16)13-4-5/h2-3,5,14H,1,4H2,(H,13,16). The van der Waals surface area contributed by atoms with Gasteiger partial charge >= 0.3 is 0 Å². The highest BCUT2D eigenvalue weighted by Crippen LogP contribution is 2.31. The van der Waals surface area contributed by atoms with Crippen molar-refractivity contribution >= 4 is 33.2 Å². The van der Waals surface area contributed by atoms with Crippen LogP contribution in [0.5, 0.6) is 0 Å². The summed E-state index contributed by atoms with van der Waals surface area (Å²) in [7, 11) is 0. The van der Waals surface area contributed by atoms with Crippen LogP contribution in [0.1, 0.15) is 6.42 Å². The molecule has 1 heterocycles. The van der Waals surface area contributed by atoms with Crippen molar-refractivity contribution in [2.45, 2.75) is 12.5 Å². The van der Waals surface area contributed by atoms with Crippen LogP contribution >= 0.6 is 15.9 Å². The van der Waals surface area contributed by atoms with Crippen molar-refractivity contribution in [3.05, 3.63) is 32.5 Å². The van der Waals surface area contributed by atoms with E-state index in [4.69, 9.17) is 0 Å². The number of hydrogen-bond acceptors (Lipinski definition) is 4. The van der Waals surface area contributed by atoms with Crippen molar-refractivity contribution < 1.29 is 14.1 Å². The first kappa shape index (κ1) is 12.7. The monoisotopic (exact) mass is 317 g/mol. The maximum Gasteiger partial charge on any atom is 0.293 e. The lowest BCUT2D eigenvalue weighted by Gasteiger charge is -2.12. The summed E-state index contributed by atoms with van der Waals surface area (Å²) in [5.74, 6) is -0.729. The Morgan fingerprint density at radius 1 is 1.56 bits per heavy atom. The number of benzene rings is 1.